The maximum absolute atomic E-state index is 12.4. The number of ether oxygens (including phenoxy) is 1. The van der Waals surface area contributed by atoms with Gasteiger partial charge in [0.1, 0.15) is 0 Å². The van der Waals surface area contributed by atoms with Crippen molar-refractivity contribution in [1.29, 1.82) is 0 Å². The van der Waals surface area contributed by atoms with Crippen LogP contribution in [0.25, 0.3) is 0 Å². The molecule has 0 amide bonds. The summed E-state index contributed by atoms with van der Waals surface area (Å²) in [7, 11) is 1.36. The van der Waals surface area contributed by atoms with Crippen molar-refractivity contribution in [3.8, 4) is 11.5 Å². The van der Waals surface area contributed by atoms with E-state index in [9.17, 15) is 9.90 Å². The van der Waals surface area contributed by atoms with E-state index in [0.717, 1.165) is 0 Å². The number of nitrogens with zero attached hydrogens (tertiary/aromatic N) is 3. The number of ketones is 1. The molecule has 1 heterocycles. The summed E-state index contributed by atoms with van der Waals surface area (Å²) in [6.07, 6.45) is 2.72. The van der Waals surface area contributed by atoms with Gasteiger partial charge in [0.05, 0.1) is 13.3 Å². The van der Waals surface area contributed by atoms with Gasteiger partial charge < -0.3 is 19.6 Å². The van der Waals surface area contributed by atoms with Crippen molar-refractivity contribution < 1.29 is 24.4 Å². The smallest absolute Gasteiger partial charge is 0.231 e. The number of oxime groups is 1. The fourth-order valence-electron chi connectivity index (χ4n) is 1.84. The monoisotopic (exact) mass is 303 g/mol. The van der Waals surface area contributed by atoms with E-state index in [1.807, 2.05) is 0 Å². The first-order chi connectivity index (χ1) is 10.6. The number of aromatic nitrogens is 1. The zero-order chi connectivity index (χ0) is 16.1. The third kappa shape index (κ3) is 2.80. The van der Waals surface area contributed by atoms with Crippen LogP contribution in [0.4, 0.5) is 0 Å². The van der Waals surface area contributed by atoms with Crippen LogP contribution in [0.15, 0.2) is 39.1 Å². The minimum atomic E-state index is -0.544. The predicted octanol–water partition coefficient (Wildman–Crippen LogP) is 1.85. The first-order valence-corrected chi connectivity index (χ1v) is 6.19. The zero-order valence-electron chi connectivity index (χ0n) is 11.8. The standard InChI is InChI=1S/C14H13N3O5/c1-3-15-14(17-20)9-7-12(21-2)10(18)6-8(9)13(19)11-4-5-16-22-11/h3-7,18,20H,1-2H3/b15-3?,17-14-. The molecule has 22 heavy (non-hydrogen) atoms. The van der Waals surface area contributed by atoms with E-state index in [1.165, 1.54) is 37.7 Å². The maximum Gasteiger partial charge on any atom is 0.231 e. The van der Waals surface area contributed by atoms with Crippen molar-refractivity contribution in [2.45, 2.75) is 6.92 Å². The van der Waals surface area contributed by atoms with Crippen LogP contribution in [0.1, 0.15) is 28.6 Å². The fourth-order valence-corrected chi connectivity index (χ4v) is 1.84. The molecule has 2 N–H and O–H groups in total. The van der Waals surface area contributed by atoms with Crippen LogP contribution in [0.5, 0.6) is 11.5 Å². The molecular weight excluding hydrogens is 290 g/mol. The van der Waals surface area contributed by atoms with E-state index in [1.54, 1.807) is 6.92 Å². The van der Waals surface area contributed by atoms with E-state index in [-0.39, 0.29) is 34.2 Å². The second kappa shape index (κ2) is 6.53. The first-order valence-electron chi connectivity index (χ1n) is 6.19. The van der Waals surface area contributed by atoms with Crippen LogP contribution < -0.4 is 4.74 Å². The Hall–Kier alpha value is -3.16. The van der Waals surface area contributed by atoms with E-state index in [0.29, 0.717) is 0 Å². The Balaban J connectivity index is 2.66. The number of aromatic hydroxyl groups is 1. The summed E-state index contributed by atoms with van der Waals surface area (Å²) in [5.41, 5.74) is 0.213. The molecule has 0 unspecified atom stereocenters. The number of aliphatic imine (C=N–C) groups is 1. The van der Waals surface area contributed by atoms with Gasteiger partial charge in [0.25, 0.3) is 0 Å². The molecule has 2 rings (SSSR count). The second-order valence-corrected chi connectivity index (χ2v) is 4.09. The number of hydrogen-bond donors (Lipinski definition) is 2. The van der Waals surface area contributed by atoms with E-state index >= 15 is 0 Å². The average molecular weight is 303 g/mol. The summed E-state index contributed by atoms with van der Waals surface area (Å²) in [6.45, 7) is 1.63. The van der Waals surface area contributed by atoms with Gasteiger partial charge in [-0.15, -0.1) is 0 Å². The molecule has 1 aromatic carbocycles. The Bertz CT molecular complexity index is 735. The van der Waals surface area contributed by atoms with Gasteiger partial charge in [-0.25, -0.2) is 4.99 Å². The SMILES string of the molecule is CC=N/C(=N\O)c1cc(OC)c(O)cc1C(=O)c1ccno1. The van der Waals surface area contributed by atoms with Crippen LogP contribution in [0.3, 0.4) is 0 Å². The molecule has 114 valence electrons. The summed E-state index contributed by atoms with van der Waals surface area (Å²) in [5, 5.41) is 25.5. The lowest BCUT2D eigenvalue weighted by atomic mass is 10.00. The van der Waals surface area contributed by atoms with Gasteiger partial charge in [-0.2, -0.15) is 0 Å². The summed E-state index contributed by atoms with van der Waals surface area (Å²) < 4.78 is 9.82. The van der Waals surface area contributed by atoms with Crippen LogP contribution >= 0.6 is 0 Å². The lowest BCUT2D eigenvalue weighted by molar-refractivity contribution is 0.0999. The summed E-state index contributed by atoms with van der Waals surface area (Å²) in [5.74, 6) is -0.811. The largest absolute Gasteiger partial charge is 0.504 e. The first kappa shape index (κ1) is 15.2. The van der Waals surface area contributed by atoms with Crippen LogP contribution in [0.2, 0.25) is 0 Å². The van der Waals surface area contributed by atoms with Gasteiger partial charge in [0.2, 0.25) is 11.5 Å². The number of phenolic OH excluding ortho intramolecular Hbond substituents is 1. The molecule has 0 aliphatic heterocycles. The highest BCUT2D eigenvalue weighted by molar-refractivity contribution is 6.16. The third-order valence-corrected chi connectivity index (χ3v) is 2.81. The summed E-state index contributed by atoms with van der Waals surface area (Å²) >= 11 is 0. The number of rotatable bonds is 4. The number of carbonyl (C=O) groups excluding carboxylic acids is 1. The molecule has 0 spiro atoms. The van der Waals surface area contributed by atoms with Crippen molar-refractivity contribution >= 4 is 17.8 Å². The Kier molecular flexibility index (Phi) is 4.52. The average Bonchev–Trinajstić information content (AvgIpc) is 3.06. The highest BCUT2D eigenvalue weighted by Gasteiger charge is 2.23. The van der Waals surface area contributed by atoms with Crippen molar-refractivity contribution in [2.24, 2.45) is 10.1 Å². The van der Waals surface area contributed by atoms with Gasteiger partial charge in [-0.05, 0) is 19.1 Å². The number of methoxy groups -OCH3 is 1. The van der Waals surface area contributed by atoms with Crippen molar-refractivity contribution in [3.05, 3.63) is 41.3 Å². The molecule has 0 atom stereocenters. The Morgan fingerprint density at radius 2 is 2.18 bits per heavy atom. The minimum Gasteiger partial charge on any atom is -0.504 e. The number of hydrogen-bond acceptors (Lipinski definition) is 7. The molecule has 0 aliphatic carbocycles. The van der Waals surface area contributed by atoms with Crippen molar-refractivity contribution in [2.75, 3.05) is 7.11 Å². The Morgan fingerprint density at radius 3 is 2.73 bits per heavy atom. The normalized spacial score (nSPS) is 11.8. The Labute approximate surface area is 125 Å². The number of amidine groups is 1. The molecule has 0 saturated heterocycles. The van der Waals surface area contributed by atoms with Crippen molar-refractivity contribution in [1.82, 2.24) is 5.16 Å². The highest BCUT2D eigenvalue weighted by atomic mass is 16.5. The predicted molar refractivity (Wildman–Crippen MR) is 77.1 cm³/mol. The van der Waals surface area contributed by atoms with E-state index < -0.39 is 5.78 Å². The van der Waals surface area contributed by atoms with Gasteiger partial charge in [0.15, 0.2) is 17.3 Å². The fraction of sp³-hybridized carbons (Fsp3) is 0.143. The van der Waals surface area contributed by atoms with E-state index in [4.69, 9.17) is 14.5 Å². The lowest BCUT2D eigenvalue weighted by Gasteiger charge is -2.10. The Morgan fingerprint density at radius 1 is 1.41 bits per heavy atom. The topological polar surface area (TPSA) is 118 Å². The van der Waals surface area contributed by atoms with Gasteiger partial charge in [-0.3, -0.25) is 4.79 Å². The number of carbonyl (C=O) groups is 1. The molecule has 2 aromatic rings. The second-order valence-electron chi connectivity index (χ2n) is 4.09. The van der Waals surface area contributed by atoms with Gasteiger partial charge in [-0.1, -0.05) is 10.3 Å². The zero-order valence-corrected chi connectivity index (χ0v) is 11.8. The minimum absolute atomic E-state index is 0.0245. The van der Waals surface area contributed by atoms with Crippen molar-refractivity contribution in [3.63, 3.8) is 0 Å². The summed E-state index contributed by atoms with van der Waals surface area (Å²) in [4.78, 5) is 16.3. The molecular formula is C14H13N3O5. The molecule has 0 saturated carbocycles. The highest BCUT2D eigenvalue weighted by Crippen LogP contribution is 2.31. The van der Waals surface area contributed by atoms with Crippen LogP contribution in [-0.4, -0.2) is 40.4 Å². The summed E-state index contributed by atoms with van der Waals surface area (Å²) in [6, 6.07) is 3.92. The molecule has 0 radical (unpaired) electrons. The van der Waals surface area contributed by atoms with Crippen LogP contribution in [0, 0.1) is 0 Å². The van der Waals surface area contributed by atoms with Gasteiger partial charge >= 0.3 is 0 Å². The van der Waals surface area contributed by atoms with Gasteiger partial charge in [0, 0.05) is 23.4 Å². The lowest BCUT2D eigenvalue weighted by Crippen LogP contribution is -2.10. The molecule has 8 heteroatoms. The molecule has 1 aromatic heterocycles. The molecule has 0 bridgehead atoms. The number of phenols is 1. The quantitative estimate of drug-likeness (QED) is 0.292. The molecule has 0 aliphatic rings. The third-order valence-electron chi connectivity index (χ3n) is 2.81. The number of benzene rings is 1. The van der Waals surface area contributed by atoms with Crippen LogP contribution in [-0.2, 0) is 0 Å². The molecule has 0 fully saturated rings. The maximum atomic E-state index is 12.4. The van der Waals surface area contributed by atoms with E-state index in [2.05, 4.69) is 15.3 Å². The molecule has 8 nitrogen and oxygen atoms in total.